The maximum absolute atomic E-state index is 11.6. The van der Waals surface area contributed by atoms with Crippen LogP contribution in [0.1, 0.15) is 11.1 Å². The molecule has 0 saturated carbocycles. The third-order valence-electron chi connectivity index (χ3n) is 2.51. The Morgan fingerprint density at radius 2 is 2.00 bits per heavy atom. The first-order chi connectivity index (χ1) is 8.16. The van der Waals surface area contributed by atoms with E-state index in [1.54, 1.807) is 16.8 Å². The molecule has 0 aliphatic carbocycles. The second-order valence-electron chi connectivity index (χ2n) is 3.82. The van der Waals surface area contributed by atoms with Crippen LogP contribution in [0.25, 0.3) is 0 Å². The summed E-state index contributed by atoms with van der Waals surface area (Å²) in [5.41, 5.74) is 7.28. The molecule has 94 valence electrons. The molecule has 4 nitrogen and oxygen atoms in total. The molecule has 0 aliphatic rings. The number of amidine groups is 1. The topological polar surface area (TPSA) is 73.6 Å². The molecule has 5 heteroatoms. The molecule has 1 aromatic carbocycles. The molecule has 18 heavy (non-hydrogen) atoms. The largest absolute Gasteiger partial charge is 1.00 e. The van der Waals surface area contributed by atoms with Crippen LogP contribution in [0, 0.1) is 0 Å². The van der Waals surface area contributed by atoms with Crippen molar-refractivity contribution in [2.24, 2.45) is 5.73 Å². The van der Waals surface area contributed by atoms with Gasteiger partial charge in [0.05, 0.1) is 12.1 Å². The van der Waals surface area contributed by atoms with E-state index < -0.39 is 0 Å². The van der Waals surface area contributed by atoms with E-state index in [1.807, 2.05) is 30.3 Å². The van der Waals surface area contributed by atoms with Crippen molar-refractivity contribution in [3.63, 3.8) is 0 Å². The van der Waals surface area contributed by atoms with E-state index in [9.17, 15) is 4.79 Å². The maximum atomic E-state index is 11.6. The Morgan fingerprint density at radius 3 is 2.67 bits per heavy atom. The number of nitrogens with zero attached hydrogens (tertiary/aromatic N) is 1. The quantitative estimate of drug-likeness (QED) is 0.443. The third-order valence-corrected chi connectivity index (χ3v) is 2.51. The van der Waals surface area contributed by atoms with Gasteiger partial charge in [0.25, 0.3) is 11.4 Å². The second-order valence-corrected chi connectivity index (χ2v) is 3.82. The Balaban J connectivity index is 0.00000162. The molecule has 1 heterocycles. The van der Waals surface area contributed by atoms with Crippen molar-refractivity contribution in [2.75, 3.05) is 0 Å². The zero-order valence-electron chi connectivity index (χ0n) is 9.71. The van der Waals surface area contributed by atoms with Crippen molar-refractivity contribution in [3.8, 4) is 0 Å². The van der Waals surface area contributed by atoms with E-state index in [0.717, 1.165) is 11.1 Å². The first-order valence-corrected chi connectivity index (χ1v) is 5.29. The van der Waals surface area contributed by atoms with Crippen molar-refractivity contribution in [3.05, 3.63) is 70.1 Å². The summed E-state index contributed by atoms with van der Waals surface area (Å²) in [5, 5.41) is 5.53. The van der Waals surface area contributed by atoms with E-state index in [0.29, 0.717) is 6.54 Å². The van der Waals surface area contributed by atoms with Gasteiger partial charge in [-0.15, -0.1) is 0 Å². The highest BCUT2D eigenvalue weighted by molar-refractivity contribution is 5.92. The molecule has 0 amide bonds. The highest BCUT2D eigenvalue weighted by Gasteiger charge is 2.03. The minimum Gasteiger partial charge on any atom is -1.00 e. The second kappa shape index (κ2) is 6.02. The summed E-state index contributed by atoms with van der Waals surface area (Å²) < 4.78 is 1.63. The van der Waals surface area contributed by atoms with E-state index >= 15 is 0 Å². The van der Waals surface area contributed by atoms with Crippen LogP contribution in [-0.4, -0.2) is 10.4 Å². The van der Waals surface area contributed by atoms with Gasteiger partial charge in [-0.2, -0.15) is 0 Å². The smallest absolute Gasteiger partial charge is 0.270 e. The van der Waals surface area contributed by atoms with Crippen LogP contribution < -0.4 is 29.1 Å². The lowest BCUT2D eigenvalue weighted by molar-refractivity contribution is -0.114. The van der Waals surface area contributed by atoms with Crippen LogP contribution in [0.5, 0.6) is 0 Å². The van der Waals surface area contributed by atoms with Gasteiger partial charge in [-0.3, -0.25) is 15.9 Å². The standard InChI is InChI=1S/C13H13N3O.ClH/c14-13(15)11-5-3-4-10(8-11)9-16-7-2-1-6-12(16)17;/h1-8H,9H2,(H3,14,15);1H. The lowest BCUT2D eigenvalue weighted by Crippen LogP contribution is -3.00. The summed E-state index contributed by atoms with van der Waals surface area (Å²) in [6.07, 6.45) is 1.75. The summed E-state index contributed by atoms with van der Waals surface area (Å²) in [7, 11) is 0. The summed E-state index contributed by atoms with van der Waals surface area (Å²) in [6, 6.07) is 12.6. The number of hydrogen-bond acceptors (Lipinski definition) is 1. The van der Waals surface area contributed by atoms with Gasteiger partial charge in [0.15, 0.2) is 0 Å². The molecule has 0 atom stereocenters. The van der Waals surface area contributed by atoms with E-state index in [-0.39, 0.29) is 23.8 Å². The molecule has 0 radical (unpaired) electrons. The molecule has 0 aliphatic heterocycles. The van der Waals surface area contributed by atoms with E-state index in [1.165, 1.54) is 6.07 Å². The van der Waals surface area contributed by atoms with Gasteiger partial charge in [-0.25, -0.2) is 0 Å². The normalized spacial score (nSPS) is 9.56. The molecule has 0 saturated heterocycles. The number of rotatable bonds is 3. The number of pyridine rings is 1. The van der Waals surface area contributed by atoms with Gasteiger partial charge in [0.2, 0.25) is 0 Å². The summed E-state index contributed by atoms with van der Waals surface area (Å²) in [6.45, 7) is 0.515. The van der Waals surface area contributed by atoms with Crippen LogP contribution in [0.15, 0.2) is 53.5 Å². The van der Waals surface area contributed by atoms with Crippen LogP contribution in [-0.2, 0) is 6.54 Å². The van der Waals surface area contributed by atoms with Crippen molar-refractivity contribution in [1.29, 1.82) is 0 Å². The maximum Gasteiger partial charge on any atom is 0.270 e. The van der Waals surface area contributed by atoms with Crippen LogP contribution in [0.4, 0.5) is 0 Å². The fraction of sp³-hybridized carbons (Fsp3) is 0.0769. The first kappa shape index (κ1) is 14.0. The Hall–Kier alpha value is -2.07. The van der Waals surface area contributed by atoms with E-state index in [4.69, 9.17) is 11.1 Å². The van der Waals surface area contributed by atoms with Crippen LogP contribution in [0.3, 0.4) is 0 Å². The predicted octanol–water partition coefficient (Wildman–Crippen LogP) is -3.63. The van der Waals surface area contributed by atoms with Gasteiger partial charge < -0.3 is 17.0 Å². The molecular formula is C13H14ClN3O. The summed E-state index contributed by atoms with van der Waals surface area (Å²) >= 11 is 0. The number of hydrogen-bond donors (Lipinski definition) is 2. The average molecular weight is 264 g/mol. The lowest BCUT2D eigenvalue weighted by Gasteiger charge is -2.05. The monoisotopic (exact) mass is 263 g/mol. The number of nitrogens with two attached hydrogens (primary N) is 2. The van der Waals surface area contributed by atoms with Gasteiger partial charge in [0.1, 0.15) is 0 Å². The highest BCUT2D eigenvalue weighted by Crippen LogP contribution is 2.05. The number of benzene rings is 1. The summed E-state index contributed by atoms with van der Waals surface area (Å²) in [4.78, 5) is 11.6. The fourth-order valence-corrected chi connectivity index (χ4v) is 1.64. The molecule has 4 N–H and O–H groups in total. The van der Waals surface area contributed by atoms with Gasteiger partial charge >= 0.3 is 0 Å². The molecule has 0 fully saturated rings. The SMILES string of the molecule is NC(=[NH2+])c1cccc(Cn2ccccc2=O)c1.[Cl-]. The van der Waals surface area contributed by atoms with Crippen molar-refractivity contribution in [1.82, 2.24) is 4.57 Å². The molecule has 2 rings (SSSR count). The summed E-state index contributed by atoms with van der Waals surface area (Å²) in [5.74, 6) is 0.284. The Labute approximate surface area is 111 Å². The molecule has 0 bridgehead atoms. The Morgan fingerprint density at radius 1 is 1.22 bits per heavy atom. The molecular weight excluding hydrogens is 250 g/mol. The number of aromatic nitrogens is 1. The zero-order chi connectivity index (χ0) is 12.3. The Bertz CT molecular complexity index is 607. The van der Waals surface area contributed by atoms with Crippen molar-refractivity contribution >= 4 is 5.84 Å². The Kier molecular flexibility index (Phi) is 4.68. The lowest BCUT2D eigenvalue weighted by atomic mass is 10.1. The minimum atomic E-state index is -0.0254. The predicted molar refractivity (Wildman–Crippen MR) is 66.5 cm³/mol. The molecule has 2 aromatic rings. The third kappa shape index (κ3) is 3.21. The number of halogens is 1. The average Bonchev–Trinajstić information content (AvgIpc) is 2.32. The van der Waals surface area contributed by atoms with Gasteiger partial charge in [0, 0.05) is 12.3 Å². The molecule has 0 spiro atoms. The van der Waals surface area contributed by atoms with Gasteiger partial charge in [-0.1, -0.05) is 18.2 Å². The van der Waals surface area contributed by atoms with Gasteiger partial charge in [-0.05, 0) is 23.8 Å². The van der Waals surface area contributed by atoms with Crippen LogP contribution in [0.2, 0.25) is 0 Å². The van der Waals surface area contributed by atoms with Crippen molar-refractivity contribution < 1.29 is 17.8 Å². The highest BCUT2D eigenvalue weighted by atomic mass is 35.5. The van der Waals surface area contributed by atoms with Crippen molar-refractivity contribution in [2.45, 2.75) is 6.54 Å². The minimum absolute atomic E-state index is 0. The fourth-order valence-electron chi connectivity index (χ4n) is 1.64. The molecule has 1 aromatic heterocycles. The zero-order valence-corrected chi connectivity index (χ0v) is 10.5. The molecule has 0 unspecified atom stereocenters. The van der Waals surface area contributed by atoms with E-state index in [2.05, 4.69) is 0 Å². The first-order valence-electron chi connectivity index (χ1n) is 5.29. The van der Waals surface area contributed by atoms with Crippen LogP contribution >= 0.6 is 0 Å².